The molecule has 26 heavy (non-hydrogen) atoms. The number of carbonyl (C=O) groups is 2. The molecule has 0 saturated carbocycles. The van der Waals surface area contributed by atoms with Gasteiger partial charge in [-0.1, -0.05) is 23.9 Å². The van der Waals surface area contributed by atoms with Gasteiger partial charge in [-0.05, 0) is 48.9 Å². The van der Waals surface area contributed by atoms with Gasteiger partial charge in [-0.25, -0.2) is 9.38 Å². The van der Waals surface area contributed by atoms with Gasteiger partial charge in [0.25, 0.3) is 0 Å². The third kappa shape index (κ3) is 4.29. The van der Waals surface area contributed by atoms with Gasteiger partial charge in [0.15, 0.2) is 5.17 Å². The number of hydrogen-bond donors (Lipinski definition) is 1. The largest absolute Gasteiger partial charge is 0.326 e. The summed E-state index contributed by atoms with van der Waals surface area (Å²) in [4.78, 5) is 30.4. The van der Waals surface area contributed by atoms with E-state index in [2.05, 4.69) is 10.3 Å². The summed E-state index contributed by atoms with van der Waals surface area (Å²) < 4.78 is 13.0. The molecule has 1 fully saturated rings. The van der Waals surface area contributed by atoms with Crippen LogP contribution in [0.3, 0.4) is 0 Å². The van der Waals surface area contributed by atoms with Crippen molar-refractivity contribution in [3.63, 3.8) is 0 Å². The number of amidine groups is 1. The molecule has 0 radical (unpaired) electrons. The third-order valence-electron chi connectivity index (χ3n) is 3.86. The van der Waals surface area contributed by atoms with E-state index >= 15 is 0 Å². The Morgan fingerprint density at radius 2 is 2.00 bits per heavy atom. The van der Waals surface area contributed by atoms with Gasteiger partial charge in [-0.2, -0.15) is 0 Å². The van der Waals surface area contributed by atoms with E-state index in [1.54, 1.807) is 19.2 Å². The lowest BCUT2D eigenvalue weighted by Crippen LogP contribution is -2.30. The maximum atomic E-state index is 13.0. The molecule has 1 atom stereocenters. The van der Waals surface area contributed by atoms with E-state index in [0.29, 0.717) is 16.5 Å². The Hall–Kier alpha value is -2.67. The summed E-state index contributed by atoms with van der Waals surface area (Å²) in [5.74, 6) is -0.740. The summed E-state index contributed by atoms with van der Waals surface area (Å²) in [6.07, 6.45) is 0.0597. The lowest BCUT2D eigenvalue weighted by atomic mass is 10.2. The zero-order valence-electron chi connectivity index (χ0n) is 14.4. The third-order valence-corrected chi connectivity index (χ3v) is 5.09. The number of benzene rings is 2. The molecule has 5 nitrogen and oxygen atoms in total. The number of nitrogens with zero attached hydrogens (tertiary/aromatic N) is 2. The van der Waals surface area contributed by atoms with Gasteiger partial charge in [-0.15, -0.1) is 0 Å². The van der Waals surface area contributed by atoms with E-state index in [0.717, 1.165) is 5.56 Å². The Kier molecular flexibility index (Phi) is 5.37. The van der Waals surface area contributed by atoms with Gasteiger partial charge in [0.2, 0.25) is 11.8 Å². The van der Waals surface area contributed by atoms with Crippen LogP contribution in [0.25, 0.3) is 0 Å². The Morgan fingerprint density at radius 3 is 2.69 bits per heavy atom. The van der Waals surface area contributed by atoms with Gasteiger partial charge >= 0.3 is 0 Å². The summed E-state index contributed by atoms with van der Waals surface area (Å²) in [6.45, 7) is 1.94. The molecule has 2 amide bonds. The molecule has 0 aromatic heterocycles. The molecule has 1 N–H and O–H groups in total. The average Bonchev–Trinajstić information content (AvgIpc) is 2.85. The quantitative estimate of drug-likeness (QED) is 0.891. The van der Waals surface area contributed by atoms with Crippen LogP contribution >= 0.6 is 11.8 Å². The van der Waals surface area contributed by atoms with E-state index < -0.39 is 5.25 Å². The molecule has 0 bridgehead atoms. The molecule has 2 aromatic rings. The standard InChI is InChI=1S/C19H18FN3O2S/c1-12-4-3-5-15(10-12)21-17(24)11-16-18(25)23(2)19(26-16)22-14-8-6-13(20)7-9-14/h3-10,16H,11H2,1-2H3,(H,21,24)/t16-/m0/s1. The normalized spacial score (nSPS) is 18.4. The lowest BCUT2D eigenvalue weighted by molar-refractivity contribution is -0.127. The minimum Gasteiger partial charge on any atom is -0.326 e. The molecule has 0 unspecified atom stereocenters. The van der Waals surface area contributed by atoms with Crippen LogP contribution in [0.5, 0.6) is 0 Å². The fourth-order valence-electron chi connectivity index (χ4n) is 2.53. The Balaban J connectivity index is 1.66. The Bertz CT molecular complexity index is 867. The fourth-order valence-corrected chi connectivity index (χ4v) is 3.68. The maximum Gasteiger partial charge on any atom is 0.242 e. The van der Waals surface area contributed by atoms with Crippen LogP contribution in [0.1, 0.15) is 12.0 Å². The molecule has 0 aliphatic carbocycles. The molecule has 2 aromatic carbocycles. The number of hydrogen-bond acceptors (Lipinski definition) is 4. The number of thioether (sulfide) groups is 1. The first-order valence-corrected chi connectivity index (χ1v) is 8.95. The Morgan fingerprint density at radius 1 is 1.27 bits per heavy atom. The molecule has 7 heteroatoms. The first-order valence-electron chi connectivity index (χ1n) is 8.07. The topological polar surface area (TPSA) is 61.8 Å². The van der Waals surface area contributed by atoms with E-state index in [1.165, 1.54) is 28.8 Å². The van der Waals surface area contributed by atoms with Crippen molar-refractivity contribution in [2.75, 3.05) is 12.4 Å². The van der Waals surface area contributed by atoms with E-state index in [9.17, 15) is 14.0 Å². The number of aryl methyl sites for hydroxylation is 1. The van der Waals surface area contributed by atoms with Crippen molar-refractivity contribution in [2.45, 2.75) is 18.6 Å². The number of rotatable bonds is 4. The van der Waals surface area contributed by atoms with E-state index in [-0.39, 0.29) is 24.1 Å². The van der Waals surface area contributed by atoms with Crippen LogP contribution in [0.2, 0.25) is 0 Å². The number of nitrogens with one attached hydrogen (secondary N) is 1. The van der Waals surface area contributed by atoms with Crippen molar-refractivity contribution in [1.82, 2.24) is 4.90 Å². The second-order valence-electron chi connectivity index (χ2n) is 6.00. The highest BCUT2D eigenvalue weighted by Gasteiger charge is 2.36. The van der Waals surface area contributed by atoms with Crippen LogP contribution in [-0.4, -0.2) is 34.2 Å². The minimum atomic E-state index is -0.524. The molecular formula is C19H18FN3O2S. The molecule has 1 saturated heterocycles. The Labute approximate surface area is 155 Å². The van der Waals surface area contributed by atoms with Crippen LogP contribution in [0.15, 0.2) is 53.5 Å². The highest BCUT2D eigenvalue weighted by molar-refractivity contribution is 8.15. The SMILES string of the molecule is Cc1cccc(NC(=O)C[C@@H]2SC(=Nc3ccc(F)cc3)N(C)C2=O)c1. The van der Waals surface area contributed by atoms with Gasteiger partial charge in [0.1, 0.15) is 11.1 Å². The molecule has 1 aliphatic rings. The van der Waals surface area contributed by atoms with Crippen molar-refractivity contribution in [3.05, 3.63) is 59.9 Å². The number of anilines is 1. The summed E-state index contributed by atoms with van der Waals surface area (Å²) in [5.41, 5.74) is 2.31. The summed E-state index contributed by atoms with van der Waals surface area (Å²) in [6, 6.07) is 13.2. The molecule has 3 rings (SSSR count). The summed E-state index contributed by atoms with van der Waals surface area (Å²) in [5, 5.41) is 2.78. The van der Waals surface area contributed by atoms with E-state index in [1.807, 2.05) is 31.2 Å². The highest BCUT2D eigenvalue weighted by Crippen LogP contribution is 2.30. The van der Waals surface area contributed by atoms with Gasteiger partial charge < -0.3 is 5.32 Å². The molecule has 134 valence electrons. The minimum absolute atomic E-state index is 0.0597. The van der Waals surface area contributed by atoms with Gasteiger partial charge in [0.05, 0.1) is 5.69 Å². The monoisotopic (exact) mass is 371 g/mol. The predicted octanol–water partition coefficient (Wildman–Crippen LogP) is 3.72. The smallest absolute Gasteiger partial charge is 0.242 e. The number of carbonyl (C=O) groups excluding carboxylic acids is 2. The van der Waals surface area contributed by atoms with Crippen LogP contribution in [-0.2, 0) is 9.59 Å². The first kappa shape index (κ1) is 18.1. The van der Waals surface area contributed by atoms with Crippen LogP contribution < -0.4 is 5.32 Å². The van der Waals surface area contributed by atoms with Crippen LogP contribution in [0, 0.1) is 12.7 Å². The van der Waals surface area contributed by atoms with Gasteiger partial charge in [-0.3, -0.25) is 14.5 Å². The number of halogens is 1. The zero-order chi connectivity index (χ0) is 18.7. The van der Waals surface area contributed by atoms with Crippen LogP contribution in [0.4, 0.5) is 15.8 Å². The van der Waals surface area contributed by atoms with Crippen molar-refractivity contribution >= 4 is 40.1 Å². The van der Waals surface area contributed by atoms with Crippen molar-refractivity contribution in [2.24, 2.45) is 4.99 Å². The van der Waals surface area contributed by atoms with Crippen molar-refractivity contribution in [1.29, 1.82) is 0 Å². The average molecular weight is 371 g/mol. The van der Waals surface area contributed by atoms with E-state index in [4.69, 9.17) is 0 Å². The maximum absolute atomic E-state index is 13.0. The van der Waals surface area contributed by atoms with Gasteiger partial charge in [0, 0.05) is 19.2 Å². The predicted molar refractivity (Wildman–Crippen MR) is 102 cm³/mol. The van der Waals surface area contributed by atoms with Crippen molar-refractivity contribution < 1.29 is 14.0 Å². The number of amides is 2. The highest BCUT2D eigenvalue weighted by atomic mass is 32.2. The second-order valence-corrected chi connectivity index (χ2v) is 7.17. The summed E-state index contributed by atoms with van der Waals surface area (Å²) >= 11 is 1.24. The zero-order valence-corrected chi connectivity index (χ0v) is 15.2. The lowest BCUT2D eigenvalue weighted by Gasteiger charge is -2.09. The summed E-state index contributed by atoms with van der Waals surface area (Å²) in [7, 11) is 1.62. The first-order chi connectivity index (χ1) is 12.4. The van der Waals surface area contributed by atoms with Crippen molar-refractivity contribution in [3.8, 4) is 0 Å². The molecule has 1 heterocycles. The molecule has 1 aliphatic heterocycles. The number of aliphatic imine (C=N–C) groups is 1. The second kappa shape index (κ2) is 7.70. The molecule has 0 spiro atoms. The fraction of sp³-hybridized carbons (Fsp3) is 0.211. The molecular weight excluding hydrogens is 353 g/mol.